The van der Waals surface area contributed by atoms with Gasteiger partial charge in [0.2, 0.25) is 10.9 Å². The fraction of sp³-hybridized carbons (Fsp3) is 0.385. The van der Waals surface area contributed by atoms with Crippen molar-refractivity contribution in [1.29, 1.82) is 0 Å². The van der Waals surface area contributed by atoms with Crippen LogP contribution < -0.4 is 0 Å². The maximum atomic E-state index is 13.5. The molecule has 2 aromatic heterocycles. The van der Waals surface area contributed by atoms with Crippen LogP contribution in [0.25, 0.3) is 16.6 Å². The number of sulfonamides is 1. The third-order valence-electron chi connectivity index (χ3n) is 7.66. The van der Waals surface area contributed by atoms with Gasteiger partial charge in [0.15, 0.2) is 0 Å². The van der Waals surface area contributed by atoms with Crippen LogP contribution in [-0.4, -0.2) is 79.1 Å². The van der Waals surface area contributed by atoms with Gasteiger partial charge in [0, 0.05) is 38.0 Å². The van der Waals surface area contributed by atoms with E-state index in [2.05, 4.69) is 15.3 Å². The third-order valence-corrected chi connectivity index (χ3v) is 9.38. The molecule has 1 atom stereocenters. The topological polar surface area (TPSA) is 126 Å². The molecular weight excluding hydrogens is 525 g/mol. The maximum absolute atomic E-state index is 13.5. The normalized spacial score (nSPS) is 22.3. The van der Waals surface area contributed by atoms with Crippen LogP contribution in [0, 0.1) is 18.7 Å². The minimum Gasteiger partial charge on any atom is -0.393 e. The van der Waals surface area contributed by atoms with Crippen molar-refractivity contribution in [3.8, 4) is 5.69 Å². The average molecular weight is 554 g/mol. The van der Waals surface area contributed by atoms with Gasteiger partial charge in [0.05, 0.1) is 35.7 Å². The van der Waals surface area contributed by atoms with Crippen molar-refractivity contribution in [3.05, 3.63) is 65.7 Å². The van der Waals surface area contributed by atoms with Crippen molar-refractivity contribution in [2.75, 3.05) is 19.6 Å². The molecule has 0 radical (unpaired) electrons. The number of benzene rings is 2. The lowest BCUT2D eigenvalue weighted by Crippen LogP contribution is -2.55. The molecule has 39 heavy (non-hydrogen) atoms. The molecule has 1 aliphatic carbocycles. The number of aliphatic hydroxyl groups is 1. The number of carbonyl (C=O) groups is 1. The van der Waals surface area contributed by atoms with Gasteiger partial charge < -0.3 is 10.0 Å². The van der Waals surface area contributed by atoms with Crippen LogP contribution in [0.1, 0.15) is 30.0 Å². The van der Waals surface area contributed by atoms with Crippen LogP contribution in [0.4, 0.5) is 4.39 Å². The van der Waals surface area contributed by atoms with Gasteiger partial charge >= 0.3 is 0 Å². The average Bonchev–Trinajstić information content (AvgIpc) is 3.52. The number of aliphatic hydroxyl groups excluding tert-OH is 1. The van der Waals surface area contributed by atoms with Crippen LogP contribution in [-0.2, 0) is 21.9 Å². The van der Waals surface area contributed by atoms with Crippen LogP contribution in [0.15, 0.2) is 53.8 Å². The number of aryl methyl sites for hydroxylation is 2. The second-order valence-corrected chi connectivity index (χ2v) is 12.1. The Hall–Kier alpha value is -3.68. The Balaban J connectivity index is 1.39. The van der Waals surface area contributed by atoms with Crippen LogP contribution in [0.3, 0.4) is 0 Å². The van der Waals surface area contributed by atoms with E-state index in [9.17, 15) is 22.7 Å². The number of piperazine rings is 1. The van der Waals surface area contributed by atoms with Crippen molar-refractivity contribution < 1.29 is 22.7 Å². The quantitative estimate of drug-likeness (QED) is 0.400. The van der Waals surface area contributed by atoms with Gasteiger partial charge in [0.1, 0.15) is 5.82 Å². The fourth-order valence-corrected chi connectivity index (χ4v) is 6.78. The summed E-state index contributed by atoms with van der Waals surface area (Å²) in [6.45, 7) is 2.31. The van der Waals surface area contributed by atoms with Gasteiger partial charge in [-0.05, 0) is 67.3 Å². The summed E-state index contributed by atoms with van der Waals surface area (Å²) in [6, 6.07) is 9.39. The molecule has 1 aliphatic heterocycles. The molecule has 0 spiro atoms. The first-order valence-corrected chi connectivity index (χ1v) is 14.1. The van der Waals surface area contributed by atoms with E-state index in [1.54, 1.807) is 35.0 Å². The molecule has 6 rings (SSSR count). The SMILES string of the molecule is Cc1cc2c(cnn2-c2ccc(F)cc2)cc1[C@@H]1CN(S(=O)(=O)c2cnn(C)n2)CCN1C(=O)[C@H]1C[C@@H](O)C1. The summed E-state index contributed by atoms with van der Waals surface area (Å²) >= 11 is 0. The summed E-state index contributed by atoms with van der Waals surface area (Å²) in [6.07, 6.45) is 3.26. The lowest BCUT2D eigenvalue weighted by atomic mass is 9.80. The summed E-state index contributed by atoms with van der Waals surface area (Å²) < 4.78 is 43.4. The predicted molar refractivity (Wildman–Crippen MR) is 139 cm³/mol. The standard InChI is InChI=1S/C26H28FN7O4S/c1-16-9-23-18(13-29-34(23)20-5-3-19(27)4-6-20)12-22(16)24-15-32(39(37,38)25-14-28-31(2)30-25)7-8-33(24)26(36)17-10-21(35)11-17/h3-6,9,12-14,17,21,24,35H,7-8,10-11,15H2,1-2H3/t17-,21+,24-/m0/s1. The number of hydrogen-bond acceptors (Lipinski definition) is 7. The zero-order valence-corrected chi connectivity index (χ0v) is 22.3. The summed E-state index contributed by atoms with van der Waals surface area (Å²) in [5.41, 5.74) is 3.19. The van der Waals surface area contributed by atoms with Crippen molar-refractivity contribution in [1.82, 2.24) is 34.0 Å². The van der Waals surface area contributed by atoms with E-state index in [4.69, 9.17) is 0 Å². The number of halogens is 1. The van der Waals surface area contributed by atoms with Gasteiger partial charge in [0.25, 0.3) is 10.0 Å². The highest BCUT2D eigenvalue weighted by molar-refractivity contribution is 7.89. The van der Waals surface area contributed by atoms with Crippen molar-refractivity contribution in [2.24, 2.45) is 13.0 Å². The molecule has 0 bridgehead atoms. The lowest BCUT2D eigenvalue weighted by molar-refractivity contribution is -0.146. The molecule has 1 amide bonds. The largest absolute Gasteiger partial charge is 0.393 e. The highest BCUT2D eigenvalue weighted by Gasteiger charge is 2.43. The zero-order chi connectivity index (χ0) is 27.5. The number of aromatic nitrogens is 5. The van der Waals surface area contributed by atoms with Gasteiger partial charge in [-0.25, -0.2) is 17.5 Å². The molecule has 2 aromatic carbocycles. The molecule has 3 heterocycles. The molecule has 4 aromatic rings. The molecule has 2 aliphatic rings. The van der Waals surface area contributed by atoms with Gasteiger partial charge in [-0.15, -0.1) is 5.10 Å². The fourth-order valence-electron chi connectivity index (χ4n) is 5.45. The van der Waals surface area contributed by atoms with Gasteiger partial charge in [-0.3, -0.25) is 4.79 Å². The Bertz CT molecular complexity index is 1660. The first-order chi connectivity index (χ1) is 18.6. The van der Waals surface area contributed by atoms with E-state index in [0.29, 0.717) is 18.5 Å². The number of amides is 1. The minimum atomic E-state index is -3.93. The highest BCUT2D eigenvalue weighted by atomic mass is 32.2. The van der Waals surface area contributed by atoms with E-state index in [1.165, 1.54) is 27.4 Å². The molecule has 0 unspecified atom stereocenters. The van der Waals surface area contributed by atoms with E-state index in [1.807, 2.05) is 19.1 Å². The van der Waals surface area contributed by atoms with E-state index >= 15 is 0 Å². The van der Waals surface area contributed by atoms with E-state index in [0.717, 1.165) is 22.0 Å². The summed E-state index contributed by atoms with van der Waals surface area (Å²) in [5.74, 6) is -0.699. The predicted octanol–water partition coefficient (Wildman–Crippen LogP) is 1.95. The molecule has 1 N–H and O–H groups in total. The maximum Gasteiger partial charge on any atom is 0.264 e. The Morgan fingerprint density at radius 2 is 1.82 bits per heavy atom. The zero-order valence-electron chi connectivity index (χ0n) is 21.5. The Labute approximate surface area is 224 Å². The number of fused-ring (bicyclic) bond motifs is 1. The van der Waals surface area contributed by atoms with Gasteiger partial charge in [-0.1, -0.05) is 0 Å². The second-order valence-electron chi connectivity index (χ2n) is 10.2. The Kier molecular flexibility index (Phi) is 6.24. The molecule has 1 saturated carbocycles. The van der Waals surface area contributed by atoms with E-state index < -0.39 is 22.2 Å². The Morgan fingerprint density at radius 1 is 1.08 bits per heavy atom. The van der Waals surface area contributed by atoms with Crippen molar-refractivity contribution in [3.63, 3.8) is 0 Å². The van der Waals surface area contributed by atoms with Crippen molar-refractivity contribution in [2.45, 2.75) is 36.9 Å². The smallest absolute Gasteiger partial charge is 0.264 e. The van der Waals surface area contributed by atoms with Crippen molar-refractivity contribution >= 4 is 26.8 Å². The molecular formula is C26H28FN7O4S. The van der Waals surface area contributed by atoms with Crippen LogP contribution in [0.5, 0.6) is 0 Å². The van der Waals surface area contributed by atoms with E-state index in [-0.39, 0.29) is 42.3 Å². The van der Waals surface area contributed by atoms with Crippen LogP contribution in [0.2, 0.25) is 0 Å². The number of carbonyl (C=O) groups excluding carboxylic acids is 1. The summed E-state index contributed by atoms with van der Waals surface area (Å²) in [4.78, 5) is 16.5. The molecule has 11 nitrogen and oxygen atoms in total. The molecule has 2 fully saturated rings. The monoisotopic (exact) mass is 553 g/mol. The minimum absolute atomic E-state index is 0.0539. The third kappa shape index (κ3) is 4.49. The molecule has 1 saturated heterocycles. The highest BCUT2D eigenvalue weighted by Crippen LogP contribution is 2.37. The number of nitrogens with zero attached hydrogens (tertiary/aromatic N) is 7. The summed E-state index contributed by atoms with van der Waals surface area (Å²) in [5, 5.41) is 22.9. The number of rotatable bonds is 5. The lowest BCUT2D eigenvalue weighted by Gasteiger charge is -2.44. The Morgan fingerprint density at radius 3 is 2.49 bits per heavy atom. The number of hydrogen-bond donors (Lipinski definition) is 1. The first-order valence-electron chi connectivity index (χ1n) is 12.7. The van der Waals surface area contributed by atoms with Gasteiger partial charge in [-0.2, -0.15) is 19.3 Å². The second kappa shape index (κ2) is 9.50. The summed E-state index contributed by atoms with van der Waals surface area (Å²) in [7, 11) is -2.38. The molecule has 13 heteroatoms. The first kappa shape index (κ1) is 25.6. The molecule has 204 valence electrons. The van der Waals surface area contributed by atoms with Crippen LogP contribution >= 0.6 is 0 Å².